The molecule has 0 unspecified atom stereocenters. The molecule has 2 nitrogen and oxygen atoms in total. The van der Waals surface area contributed by atoms with Gasteiger partial charge in [-0.25, -0.2) is 0 Å². The maximum Gasteiger partial charge on any atom is 0.0587 e. The van der Waals surface area contributed by atoms with Gasteiger partial charge in [-0.2, -0.15) is 5.26 Å². The number of halogens is 1. The highest BCUT2D eigenvalue weighted by atomic mass is 79.9. The van der Waals surface area contributed by atoms with E-state index in [1.807, 2.05) is 0 Å². The SMILES string of the molecule is CC#N.CC(C)N(CCCc1ccc(C2CCC(Br)CC2)cc1)Cc1ccccc1. The summed E-state index contributed by atoms with van der Waals surface area (Å²) < 4.78 is 0. The van der Waals surface area contributed by atoms with Crippen LogP contribution in [-0.4, -0.2) is 22.3 Å². The smallest absolute Gasteiger partial charge is 0.0587 e. The van der Waals surface area contributed by atoms with Gasteiger partial charge in [0.1, 0.15) is 0 Å². The van der Waals surface area contributed by atoms with Gasteiger partial charge in [0.2, 0.25) is 0 Å². The van der Waals surface area contributed by atoms with E-state index < -0.39 is 0 Å². The molecule has 2 aromatic carbocycles. The lowest BCUT2D eigenvalue weighted by Gasteiger charge is -2.27. The molecule has 2 aromatic rings. The maximum atomic E-state index is 7.32. The lowest BCUT2D eigenvalue weighted by atomic mass is 9.84. The zero-order valence-electron chi connectivity index (χ0n) is 18.9. The molecular formula is C27H37BrN2. The fourth-order valence-corrected chi connectivity index (χ4v) is 4.70. The van der Waals surface area contributed by atoms with Crippen LogP contribution >= 0.6 is 15.9 Å². The Bertz CT molecular complexity index is 741. The zero-order valence-corrected chi connectivity index (χ0v) is 20.4. The Labute approximate surface area is 192 Å². The monoisotopic (exact) mass is 468 g/mol. The molecule has 0 aromatic heterocycles. The van der Waals surface area contributed by atoms with E-state index in [0.717, 1.165) is 23.8 Å². The van der Waals surface area contributed by atoms with E-state index in [1.165, 1.54) is 56.6 Å². The molecule has 1 fully saturated rings. The number of aryl methyl sites for hydroxylation is 1. The Balaban J connectivity index is 0.00000101. The summed E-state index contributed by atoms with van der Waals surface area (Å²) in [6.45, 7) is 8.25. The topological polar surface area (TPSA) is 27.0 Å². The van der Waals surface area contributed by atoms with Crippen LogP contribution < -0.4 is 0 Å². The van der Waals surface area contributed by atoms with Crippen molar-refractivity contribution < 1.29 is 0 Å². The predicted molar refractivity (Wildman–Crippen MR) is 132 cm³/mol. The average molecular weight is 470 g/mol. The second kappa shape index (κ2) is 13.6. The molecule has 3 rings (SSSR count). The van der Waals surface area contributed by atoms with E-state index in [9.17, 15) is 0 Å². The Morgan fingerprint density at radius 3 is 2.13 bits per heavy atom. The van der Waals surface area contributed by atoms with Crippen molar-refractivity contribution in [2.75, 3.05) is 6.54 Å². The van der Waals surface area contributed by atoms with E-state index in [2.05, 4.69) is 89.3 Å². The van der Waals surface area contributed by atoms with Crippen LogP contribution in [0.1, 0.15) is 75.5 Å². The third-order valence-corrected chi connectivity index (χ3v) is 6.89. The van der Waals surface area contributed by atoms with E-state index in [0.29, 0.717) is 6.04 Å². The predicted octanol–water partition coefficient (Wildman–Crippen LogP) is 7.48. The number of hydrogen-bond donors (Lipinski definition) is 0. The molecule has 1 aliphatic carbocycles. The first-order chi connectivity index (χ1) is 14.5. The Hall–Kier alpha value is -1.63. The van der Waals surface area contributed by atoms with Crippen LogP contribution in [0.25, 0.3) is 0 Å². The van der Waals surface area contributed by atoms with Crippen LogP contribution in [-0.2, 0) is 13.0 Å². The molecule has 1 aliphatic rings. The van der Waals surface area contributed by atoms with Crippen LogP contribution in [0.4, 0.5) is 0 Å². The molecule has 0 bridgehead atoms. The minimum absolute atomic E-state index is 0.581. The second-order valence-corrected chi connectivity index (χ2v) is 9.86. The summed E-state index contributed by atoms with van der Waals surface area (Å²) in [7, 11) is 0. The largest absolute Gasteiger partial charge is 0.297 e. The van der Waals surface area contributed by atoms with E-state index in [1.54, 1.807) is 11.6 Å². The minimum atomic E-state index is 0.581. The molecule has 0 amide bonds. The van der Waals surface area contributed by atoms with Crippen molar-refractivity contribution >= 4 is 15.9 Å². The highest BCUT2D eigenvalue weighted by Gasteiger charge is 2.20. The summed E-state index contributed by atoms with van der Waals surface area (Å²) in [4.78, 5) is 3.33. The molecule has 162 valence electrons. The van der Waals surface area contributed by atoms with Crippen molar-refractivity contribution in [3.05, 3.63) is 71.3 Å². The summed E-state index contributed by atoms with van der Waals surface area (Å²) in [6, 6.07) is 22.7. The lowest BCUT2D eigenvalue weighted by Crippen LogP contribution is -2.31. The molecule has 0 radical (unpaired) electrons. The van der Waals surface area contributed by atoms with Crippen molar-refractivity contribution in [3.8, 4) is 6.07 Å². The van der Waals surface area contributed by atoms with E-state index in [4.69, 9.17) is 5.26 Å². The number of nitrogens with zero attached hydrogens (tertiary/aromatic N) is 2. The minimum Gasteiger partial charge on any atom is -0.297 e. The second-order valence-electron chi connectivity index (χ2n) is 8.57. The number of hydrogen-bond acceptors (Lipinski definition) is 2. The molecule has 0 saturated heterocycles. The van der Waals surface area contributed by atoms with Gasteiger partial charge in [0.15, 0.2) is 0 Å². The summed E-state index contributed by atoms with van der Waals surface area (Å²) in [5.41, 5.74) is 4.44. The molecule has 3 heteroatoms. The highest BCUT2D eigenvalue weighted by molar-refractivity contribution is 9.09. The van der Waals surface area contributed by atoms with Gasteiger partial charge in [0.25, 0.3) is 0 Å². The molecule has 0 aliphatic heterocycles. The summed E-state index contributed by atoms with van der Waals surface area (Å²) >= 11 is 3.77. The quantitative estimate of drug-likeness (QED) is 0.375. The van der Waals surface area contributed by atoms with Crippen molar-refractivity contribution in [1.29, 1.82) is 5.26 Å². The van der Waals surface area contributed by atoms with Crippen LogP contribution in [0.15, 0.2) is 54.6 Å². The fraction of sp³-hybridized carbons (Fsp3) is 0.519. The zero-order chi connectivity index (χ0) is 21.8. The van der Waals surface area contributed by atoms with Crippen LogP contribution in [0, 0.1) is 11.3 Å². The molecule has 0 spiro atoms. The normalized spacial score (nSPS) is 18.6. The fourth-order valence-electron chi connectivity index (χ4n) is 4.17. The van der Waals surface area contributed by atoms with E-state index >= 15 is 0 Å². The molecule has 0 N–H and O–H groups in total. The first kappa shape index (κ1) is 24.6. The van der Waals surface area contributed by atoms with Gasteiger partial charge in [-0.3, -0.25) is 4.90 Å². The van der Waals surface area contributed by atoms with Crippen LogP contribution in [0.5, 0.6) is 0 Å². The first-order valence-corrected chi connectivity index (χ1v) is 12.3. The Morgan fingerprint density at radius 1 is 0.967 bits per heavy atom. The third-order valence-electron chi connectivity index (χ3n) is 5.98. The third kappa shape index (κ3) is 8.62. The van der Waals surface area contributed by atoms with Gasteiger partial charge >= 0.3 is 0 Å². The molecule has 0 atom stereocenters. The van der Waals surface area contributed by atoms with Crippen LogP contribution in [0.2, 0.25) is 0 Å². The summed E-state index contributed by atoms with van der Waals surface area (Å²) in [5.74, 6) is 0.773. The van der Waals surface area contributed by atoms with Crippen LogP contribution in [0.3, 0.4) is 0 Å². The standard InChI is InChI=1S/C25H34BrN.C2H3N/c1-20(2)27(19-22-7-4-3-5-8-22)18-6-9-21-10-12-23(13-11-21)24-14-16-25(26)17-15-24;1-2-3/h3-5,7-8,10-13,20,24-25H,6,9,14-19H2,1-2H3;1H3. The summed E-state index contributed by atoms with van der Waals surface area (Å²) in [5, 5.41) is 7.32. The number of benzene rings is 2. The van der Waals surface area contributed by atoms with Gasteiger partial charge in [0.05, 0.1) is 6.07 Å². The van der Waals surface area contributed by atoms with Gasteiger partial charge < -0.3 is 0 Å². The van der Waals surface area contributed by atoms with Crippen molar-refractivity contribution in [1.82, 2.24) is 4.90 Å². The Kier molecular flexibility index (Phi) is 11.2. The van der Waals surface area contributed by atoms with Crippen molar-refractivity contribution in [3.63, 3.8) is 0 Å². The molecule has 0 heterocycles. The van der Waals surface area contributed by atoms with Gasteiger partial charge in [-0.15, -0.1) is 0 Å². The maximum absolute atomic E-state index is 7.32. The molecular weight excluding hydrogens is 432 g/mol. The average Bonchev–Trinajstić information content (AvgIpc) is 2.75. The first-order valence-electron chi connectivity index (χ1n) is 11.3. The van der Waals surface area contributed by atoms with E-state index in [-0.39, 0.29) is 0 Å². The molecule has 1 saturated carbocycles. The number of alkyl halides is 1. The lowest BCUT2D eigenvalue weighted by molar-refractivity contribution is 0.210. The number of rotatable bonds is 8. The van der Waals surface area contributed by atoms with Gasteiger partial charge in [0, 0.05) is 24.3 Å². The molecule has 30 heavy (non-hydrogen) atoms. The Morgan fingerprint density at radius 2 is 1.57 bits per heavy atom. The van der Waals surface area contributed by atoms with Gasteiger partial charge in [-0.1, -0.05) is 70.5 Å². The van der Waals surface area contributed by atoms with Crippen molar-refractivity contribution in [2.24, 2.45) is 0 Å². The highest BCUT2D eigenvalue weighted by Crippen LogP contribution is 2.35. The van der Waals surface area contributed by atoms with Crippen molar-refractivity contribution in [2.45, 2.75) is 82.6 Å². The summed E-state index contributed by atoms with van der Waals surface area (Å²) in [6.07, 6.45) is 7.69. The number of nitriles is 1. The van der Waals surface area contributed by atoms with Gasteiger partial charge in [-0.05, 0) is 81.5 Å².